The van der Waals surface area contributed by atoms with Crippen molar-refractivity contribution >= 4 is 46.1 Å². The minimum absolute atomic E-state index is 0.126. The molecule has 2 N–H and O–H groups in total. The zero-order valence-electron chi connectivity index (χ0n) is 10.8. The van der Waals surface area contributed by atoms with Crippen molar-refractivity contribution in [1.82, 2.24) is 0 Å². The summed E-state index contributed by atoms with van der Waals surface area (Å²) in [6, 6.07) is 8.82. The van der Waals surface area contributed by atoms with Crippen LogP contribution >= 0.6 is 46.1 Å². The Hall–Kier alpha value is -0.450. The highest BCUT2D eigenvalue weighted by Gasteiger charge is 2.22. The van der Waals surface area contributed by atoms with Crippen LogP contribution in [0.4, 0.5) is 0 Å². The fourth-order valence-corrected chi connectivity index (χ4v) is 3.20. The third-order valence-electron chi connectivity index (χ3n) is 2.89. The van der Waals surface area contributed by atoms with Crippen LogP contribution in [0, 0.1) is 0 Å². The predicted molar refractivity (Wildman–Crippen MR) is 87.4 cm³/mol. The molecule has 2 rings (SSSR count). The molecular weight excluding hydrogens is 337 g/mol. The van der Waals surface area contributed by atoms with E-state index < -0.39 is 0 Å². The van der Waals surface area contributed by atoms with E-state index in [0.717, 1.165) is 11.3 Å². The molecule has 2 aromatic rings. The minimum atomic E-state index is -0.255. The topological polar surface area (TPSA) is 35.2 Å². The van der Waals surface area contributed by atoms with Crippen LogP contribution in [0.25, 0.3) is 0 Å². The first-order valence-corrected chi connectivity index (χ1v) is 8.08. The van der Waals surface area contributed by atoms with Gasteiger partial charge in [-0.15, -0.1) is 11.3 Å². The smallest absolute Gasteiger partial charge is 0.148 e. The number of hydrogen-bond acceptors (Lipinski definition) is 3. The molecule has 1 aromatic carbocycles. The first-order valence-electron chi connectivity index (χ1n) is 6.13. The van der Waals surface area contributed by atoms with Gasteiger partial charge in [-0.1, -0.05) is 41.7 Å². The van der Waals surface area contributed by atoms with E-state index in [1.54, 1.807) is 18.2 Å². The number of nitrogens with two attached hydrogens (primary N) is 1. The molecule has 2 nitrogen and oxygen atoms in total. The molecule has 1 heterocycles. The Morgan fingerprint density at radius 3 is 2.45 bits per heavy atom. The van der Waals surface area contributed by atoms with E-state index in [0.29, 0.717) is 20.1 Å². The third-order valence-corrected chi connectivity index (χ3v) is 4.92. The lowest BCUT2D eigenvalue weighted by atomic mass is 10.1. The fourth-order valence-electron chi connectivity index (χ4n) is 1.75. The highest BCUT2D eigenvalue weighted by Crippen LogP contribution is 2.34. The first-order chi connectivity index (χ1) is 9.51. The second-order valence-corrected chi connectivity index (χ2v) is 6.89. The second-order valence-electron chi connectivity index (χ2n) is 4.33. The number of benzene rings is 1. The van der Waals surface area contributed by atoms with Crippen molar-refractivity contribution in [3.05, 3.63) is 49.6 Å². The number of hydrogen-bond donors (Lipinski definition) is 1. The summed E-state index contributed by atoms with van der Waals surface area (Å²) in [5, 5.41) is 0.951. The molecule has 0 saturated carbocycles. The third kappa shape index (κ3) is 3.80. The number of halogens is 3. The van der Waals surface area contributed by atoms with Gasteiger partial charge in [-0.25, -0.2) is 0 Å². The quantitative estimate of drug-likeness (QED) is 0.765. The maximum Gasteiger partial charge on any atom is 0.148 e. The highest BCUT2D eigenvalue weighted by molar-refractivity contribution is 7.16. The van der Waals surface area contributed by atoms with Crippen molar-refractivity contribution in [3.8, 4) is 5.75 Å². The van der Waals surface area contributed by atoms with Crippen LogP contribution < -0.4 is 10.5 Å². The van der Waals surface area contributed by atoms with Crippen LogP contribution in [0.5, 0.6) is 5.75 Å². The Balaban J connectivity index is 2.25. The monoisotopic (exact) mass is 349 g/mol. The summed E-state index contributed by atoms with van der Waals surface area (Å²) in [7, 11) is 0. The van der Waals surface area contributed by atoms with E-state index in [9.17, 15) is 0 Å². The van der Waals surface area contributed by atoms with Crippen LogP contribution in [0.15, 0.2) is 30.3 Å². The Kier molecular flexibility index (Phi) is 5.58. The molecule has 0 amide bonds. The van der Waals surface area contributed by atoms with Gasteiger partial charge in [-0.3, -0.25) is 0 Å². The molecule has 6 heteroatoms. The zero-order valence-corrected chi connectivity index (χ0v) is 13.9. The summed E-state index contributed by atoms with van der Waals surface area (Å²) in [6.07, 6.45) is 0.538. The van der Waals surface area contributed by atoms with Gasteiger partial charge in [0.15, 0.2) is 0 Å². The number of ether oxygens (including phenoxy) is 1. The van der Waals surface area contributed by atoms with E-state index in [1.807, 2.05) is 19.1 Å². The van der Waals surface area contributed by atoms with Gasteiger partial charge in [0.05, 0.1) is 14.4 Å². The van der Waals surface area contributed by atoms with Gasteiger partial charge in [0, 0.05) is 17.0 Å². The van der Waals surface area contributed by atoms with E-state index in [4.69, 9.17) is 45.3 Å². The van der Waals surface area contributed by atoms with Crippen LogP contribution in [-0.2, 0) is 0 Å². The van der Waals surface area contributed by atoms with Crippen molar-refractivity contribution in [2.24, 2.45) is 5.73 Å². The van der Waals surface area contributed by atoms with E-state index in [-0.39, 0.29) is 12.1 Å². The van der Waals surface area contributed by atoms with Gasteiger partial charge in [-0.2, -0.15) is 0 Å². The Labute approximate surface area is 137 Å². The van der Waals surface area contributed by atoms with Gasteiger partial charge in [-0.05, 0) is 30.7 Å². The molecule has 1 aromatic heterocycles. The normalized spacial score (nSPS) is 14.1. The second kappa shape index (κ2) is 7.01. The molecule has 2 atom stereocenters. The molecule has 0 spiro atoms. The zero-order chi connectivity index (χ0) is 14.7. The Morgan fingerprint density at radius 1 is 1.15 bits per heavy atom. The maximum absolute atomic E-state index is 6.15. The SMILES string of the molecule is CCC(N)C(Oc1ccc(Cl)c(Cl)c1)c1ccc(Cl)s1. The maximum atomic E-state index is 6.15. The summed E-state index contributed by atoms with van der Waals surface area (Å²) in [5.74, 6) is 0.637. The first kappa shape index (κ1) is 15.9. The number of rotatable bonds is 5. The molecule has 20 heavy (non-hydrogen) atoms. The number of thiophene rings is 1. The van der Waals surface area contributed by atoms with Gasteiger partial charge in [0.1, 0.15) is 11.9 Å². The van der Waals surface area contributed by atoms with Crippen LogP contribution in [0.3, 0.4) is 0 Å². The van der Waals surface area contributed by atoms with E-state index in [2.05, 4.69) is 0 Å². The molecule has 0 saturated heterocycles. The standard InChI is InChI=1S/C14H14Cl3NOS/c1-2-11(18)14(12-5-6-13(17)20-12)19-8-3-4-9(15)10(16)7-8/h3-7,11,14H,2,18H2,1H3. The van der Waals surface area contributed by atoms with Crippen molar-refractivity contribution < 1.29 is 4.74 Å². The molecule has 0 aliphatic carbocycles. The van der Waals surface area contributed by atoms with E-state index >= 15 is 0 Å². The lowest BCUT2D eigenvalue weighted by Gasteiger charge is -2.23. The molecule has 2 unspecified atom stereocenters. The van der Waals surface area contributed by atoms with Crippen molar-refractivity contribution in [2.75, 3.05) is 0 Å². The average molecular weight is 351 g/mol. The lowest BCUT2D eigenvalue weighted by Crippen LogP contribution is -2.30. The molecule has 108 valence electrons. The van der Waals surface area contributed by atoms with Crippen molar-refractivity contribution in [2.45, 2.75) is 25.5 Å². The molecule has 0 fully saturated rings. The minimum Gasteiger partial charge on any atom is -0.483 e. The van der Waals surface area contributed by atoms with Gasteiger partial charge >= 0.3 is 0 Å². The molecule has 0 bridgehead atoms. The highest BCUT2D eigenvalue weighted by atomic mass is 35.5. The van der Waals surface area contributed by atoms with Crippen LogP contribution in [0.2, 0.25) is 14.4 Å². The van der Waals surface area contributed by atoms with Gasteiger partial charge < -0.3 is 10.5 Å². The Bertz CT molecular complexity index is 588. The van der Waals surface area contributed by atoms with Crippen LogP contribution in [-0.4, -0.2) is 6.04 Å². The largest absolute Gasteiger partial charge is 0.483 e. The Morgan fingerprint density at radius 2 is 1.90 bits per heavy atom. The summed E-state index contributed by atoms with van der Waals surface area (Å²) in [4.78, 5) is 0.996. The van der Waals surface area contributed by atoms with Gasteiger partial charge in [0.2, 0.25) is 0 Å². The summed E-state index contributed by atoms with van der Waals surface area (Å²) in [5.41, 5.74) is 6.15. The molecule has 0 aliphatic rings. The fraction of sp³-hybridized carbons (Fsp3) is 0.286. The predicted octanol–water partition coefficient (Wildman–Crippen LogP) is 5.57. The van der Waals surface area contributed by atoms with Gasteiger partial charge in [0.25, 0.3) is 0 Å². The van der Waals surface area contributed by atoms with Crippen molar-refractivity contribution in [1.29, 1.82) is 0 Å². The summed E-state index contributed by atoms with van der Waals surface area (Å²) >= 11 is 19.4. The van der Waals surface area contributed by atoms with Crippen LogP contribution in [0.1, 0.15) is 24.3 Å². The summed E-state index contributed by atoms with van der Waals surface area (Å²) in [6.45, 7) is 2.02. The molecular formula is C14H14Cl3NOS. The van der Waals surface area contributed by atoms with Crippen molar-refractivity contribution in [3.63, 3.8) is 0 Å². The lowest BCUT2D eigenvalue weighted by molar-refractivity contribution is 0.174. The molecule has 0 aliphatic heterocycles. The van der Waals surface area contributed by atoms with E-state index in [1.165, 1.54) is 11.3 Å². The average Bonchev–Trinajstić information content (AvgIpc) is 2.85. The summed E-state index contributed by atoms with van der Waals surface area (Å²) < 4.78 is 6.70. The molecule has 0 radical (unpaired) electrons.